The highest BCUT2D eigenvalue weighted by molar-refractivity contribution is 7.14. The lowest BCUT2D eigenvalue weighted by Crippen LogP contribution is -2.03. The molecule has 0 aliphatic carbocycles. The minimum atomic E-state index is -4.35. The van der Waals surface area contributed by atoms with Gasteiger partial charge in [0.2, 0.25) is 5.13 Å². The Balaban J connectivity index is 1.59. The van der Waals surface area contributed by atoms with E-state index in [9.17, 15) is 18.3 Å². The number of anilines is 1. The predicted molar refractivity (Wildman–Crippen MR) is 102 cm³/mol. The third-order valence-corrected chi connectivity index (χ3v) is 4.24. The van der Waals surface area contributed by atoms with E-state index in [1.54, 1.807) is 35.7 Å². The van der Waals surface area contributed by atoms with Crippen LogP contribution in [0.25, 0.3) is 17.3 Å². The van der Waals surface area contributed by atoms with Crippen molar-refractivity contribution in [1.82, 2.24) is 4.98 Å². The summed E-state index contributed by atoms with van der Waals surface area (Å²) in [5.74, 6) is 0.186. The number of nitrogens with zero attached hydrogens (tertiary/aromatic N) is 2. The average molecular weight is 389 g/mol. The fraction of sp³-hybridized carbons (Fsp3) is 0.0526. The molecule has 3 rings (SSSR count). The lowest BCUT2D eigenvalue weighted by atomic mass is 10.1. The molecule has 0 saturated carbocycles. The van der Waals surface area contributed by atoms with Gasteiger partial charge in [-0.25, -0.2) is 4.98 Å². The van der Waals surface area contributed by atoms with E-state index < -0.39 is 11.7 Å². The Morgan fingerprint density at radius 1 is 1.11 bits per heavy atom. The number of phenols is 1. The van der Waals surface area contributed by atoms with E-state index in [0.717, 1.165) is 17.7 Å². The zero-order chi connectivity index (χ0) is 19.3. The molecule has 2 N–H and O–H groups in total. The molecule has 0 aliphatic rings. The molecule has 0 bridgehead atoms. The quantitative estimate of drug-likeness (QED) is 0.438. The van der Waals surface area contributed by atoms with E-state index >= 15 is 0 Å². The first-order valence-corrected chi connectivity index (χ1v) is 8.68. The lowest BCUT2D eigenvalue weighted by molar-refractivity contribution is -0.137. The van der Waals surface area contributed by atoms with E-state index in [2.05, 4.69) is 15.5 Å². The number of aromatic hydroxyl groups is 1. The van der Waals surface area contributed by atoms with Gasteiger partial charge in [-0.15, -0.1) is 11.3 Å². The molecule has 0 unspecified atom stereocenters. The highest BCUT2D eigenvalue weighted by atomic mass is 32.1. The maximum Gasteiger partial charge on any atom is 0.416 e. The van der Waals surface area contributed by atoms with Gasteiger partial charge in [-0.1, -0.05) is 30.3 Å². The van der Waals surface area contributed by atoms with Gasteiger partial charge in [0, 0.05) is 17.2 Å². The number of hydrogen-bond donors (Lipinski definition) is 2. The number of hydrogen-bond acceptors (Lipinski definition) is 5. The summed E-state index contributed by atoms with van der Waals surface area (Å²) in [6.45, 7) is 0. The molecule has 8 heteroatoms. The Labute approximate surface area is 157 Å². The van der Waals surface area contributed by atoms with Gasteiger partial charge in [-0.2, -0.15) is 18.3 Å². The van der Waals surface area contributed by atoms with Gasteiger partial charge in [0.25, 0.3) is 0 Å². The van der Waals surface area contributed by atoms with Gasteiger partial charge in [-0.05, 0) is 35.9 Å². The zero-order valence-electron chi connectivity index (χ0n) is 13.8. The Bertz CT molecular complexity index is 963. The summed E-state index contributed by atoms with van der Waals surface area (Å²) < 4.78 is 37.8. The molecule has 1 aromatic heterocycles. The summed E-state index contributed by atoms with van der Waals surface area (Å²) in [5, 5.41) is 15.6. The first kappa shape index (κ1) is 18.7. The molecule has 3 aromatic rings. The van der Waals surface area contributed by atoms with Crippen LogP contribution in [-0.2, 0) is 6.18 Å². The smallest absolute Gasteiger partial charge is 0.416 e. The average Bonchev–Trinajstić information content (AvgIpc) is 3.10. The molecule has 0 radical (unpaired) electrons. The summed E-state index contributed by atoms with van der Waals surface area (Å²) >= 11 is 1.30. The van der Waals surface area contributed by atoms with Crippen molar-refractivity contribution in [2.45, 2.75) is 6.18 Å². The minimum absolute atomic E-state index is 0.186. The molecule has 4 nitrogen and oxygen atoms in total. The van der Waals surface area contributed by atoms with Gasteiger partial charge in [0.15, 0.2) is 0 Å². The zero-order valence-corrected chi connectivity index (χ0v) is 14.6. The maximum atomic E-state index is 12.6. The second kappa shape index (κ2) is 8.05. The number of halogens is 3. The molecule has 1 heterocycles. The molecule has 0 fully saturated rings. The van der Waals surface area contributed by atoms with E-state index in [-0.39, 0.29) is 5.75 Å². The van der Waals surface area contributed by atoms with Crippen LogP contribution in [-0.4, -0.2) is 16.3 Å². The van der Waals surface area contributed by atoms with Gasteiger partial charge < -0.3 is 5.11 Å². The molecule has 0 saturated heterocycles. The molecule has 138 valence electrons. The van der Waals surface area contributed by atoms with Gasteiger partial charge in [0.05, 0.1) is 11.3 Å². The lowest BCUT2D eigenvalue weighted by Gasteiger charge is -2.06. The Morgan fingerprint density at radius 3 is 2.59 bits per heavy atom. The number of alkyl halides is 3. The highest BCUT2D eigenvalue weighted by Crippen LogP contribution is 2.31. The van der Waals surface area contributed by atoms with Crippen LogP contribution < -0.4 is 5.43 Å². The molecular formula is C19H14F3N3OS. The van der Waals surface area contributed by atoms with Crippen molar-refractivity contribution in [3.63, 3.8) is 0 Å². The number of benzene rings is 2. The van der Waals surface area contributed by atoms with Crippen LogP contribution in [0.2, 0.25) is 0 Å². The topological polar surface area (TPSA) is 57.5 Å². The standard InChI is InChI=1S/C19H14F3N3OS/c20-19(21,22)15-8-6-14(7-9-15)17-12-27-18(24-17)25-23-10-2-4-13-3-1-5-16(26)11-13/h1-12,26H,(H,24,25)/b4-2+,23-10+. The summed E-state index contributed by atoms with van der Waals surface area (Å²) in [4.78, 5) is 4.30. The number of rotatable bonds is 5. The fourth-order valence-electron chi connectivity index (χ4n) is 2.21. The van der Waals surface area contributed by atoms with Crippen LogP contribution in [0.15, 0.2) is 65.1 Å². The van der Waals surface area contributed by atoms with Gasteiger partial charge in [-0.3, -0.25) is 5.43 Å². The molecule has 0 aliphatic heterocycles. The van der Waals surface area contributed by atoms with Crippen LogP contribution >= 0.6 is 11.3 Å². The van der Waals surface area contributed by atoms with Crippen LogP contribution in [0.1, 0.15) is 11.1 Å². The van der Waals surface area contributed by atoms with Crippen LogP contribution in [0.4, 0.5) is 18.3 Å². The van der Waals surface area contributed by atoms with E-state index in [4.69, 9.17) is 0 Å². The SMILES string of the molecule is Oc1cccc(/C=C/C=N/Nc2nc(-c3ccc(C(F)(F)F)cc3)cs2)c1. The van der Waals surface area contributed by atoms with E-state index in [0.29, 0.717) is 16.4 Å². The Hall–Kier alpha value is -3.13. The third-order valence-electron chi connectivity index (χ3n) is 3.49. The largest absolute Gasteiger partial charge is 0.508 e. The molecule has 0 spiro atoms. The predicted octanol–water partition coefficient (Wildman–Crippen LogP) is 5.65. The van der Waals surface area contributed by atoms with E-state index in [1.165, 1.54) is 29.7 Å². The summed E-state index contributed by atoms with van der Waals surface area (Å²) in [6, 6.07) is 11.6. The molecule has 0 atom stereocenters. The number of phenolic OH excluding ortho intramolecular Hbond substituents is 1. The van der Waals surface area contributed by atoms with Crippen LogP contribution in [0, 0.1) is 0 Å². The highest BCUT2D eigenvalue weighted by Gasteiger charge is 2.30. The van der Waals surface area contributed by atoms with Gasteiger partial charge >= 0.3 is 6.18 Å². The van der Waals surface area contributed by atoms with Crippen molar-refractivity contribution in [2.24, 2.45) is 5.10 Å². The number of thiazole rings is 1. The van der Waals surface area contributed by atoms with Crippen molar-refractivity contribution in [3.8, 4) is 17.0 Å². The van der Waals surface area contributed by atoms with Crippen LogP contribution in [0.5, 0.6) is 5.75 Å². The van der Waals surface area contributed by atoms with Crippen molar-refractivity contribution in [3.05, 3.63) is 71.1 Å². The Kier molecular flexibility index (Phi) is 5.56. The number of nitrogens with one attached hydrogen (secondary N) is 1. The monoisotopic (exact) mass is 389 g/mol. The van der Waals surface area contributed by atoms with E-state index in [1.807, 2.05) is 6.07 Å². The first-order chi connectivity index (χ1) is 12.9. The van der Waals surface area contributed by atoms with Crippen molar-refractivity contribution in [2.75, 3.05) is 5.43 Å². The van der Waals surface area contributed by atoms with Crippen molar-refractivity contribution < 1.29 is 18.3 Å². The summed E-state index contributed by atoms with van der Waals surface area (Å²) in [6.07, 6.45) is 0.657. The van der Waals surface area contributed by atoms with Crippen molar-refractivity contribution >= 4 is 28.8 Å². The number of allylic oxidation sites excluding steroid dienone is 1. The first-order valence-electron chi connectivity index (χ1n) is 7.80. The maximum absolute atomic E-state index is 12.6. The normalized spacial score (nSPS) is 12.1. The number of hydrazone groups is 1. The summed E-state index contributed by atoms with van der Waals surface area (Å²) in [5.41, 5.74) is 4.07. The molecule has 2 aromatic carbocycles. The second-order valence-corrected chi connectivity index (χ2v) is 6.32. The minimum Gasteiger partial charge on any atom is -0.508 e. The molecule has 27 heavy (non-hydrogen) atoms. The van der Waals surface area contributed by atoms with Crippen molar-refractivity contribution in [1.29, 1.82) is 0 Å². The Morgan fingerprint density at radius 2 is 1.89 bits per heavy atom. The fourth-order valence-corrected chi connectivity index (χ4v) is 2.87. The summed E-state index contributed by atoms with van der Waals surface area (Å²) in [7, 11) is 0. The van der Waals surface area contributed by atoms with Gasteiger partial charge in [0.1, 0.15) is 5.75 Å². The molecule has 0 amide bonds. The van der Waals surface area contributed by atoms with Crippen LogP contribution in [0.3, 0.4) is 0 Å². The molecular weight excluding hydrogens is 375 g/mol. The third kappa shape index (κ3) is 5.18. The number of aromatic nitrogens is 1. The second-order valence-electron chi connectivity index (χ2n) is 5.46.